The van der Waals surface area contributed by atoms with Crippen LogP contribution in [0.1, 0.15) is 32.4 Å². The molecule has 24 heavy (non-hydrogen) atoms. The normalized spacial score (nSPS) is 17.4. The molecule has 2 aromatic carbocycles. The fraction of sp³-hybridized carbons (Fsp3) is 0.222. The van der Waals surface area contributed by atoms with Crippen molar-refractivity contribution in [1.82, 2.24) is 0 Å². The SMILES string of the molecule is Cc1cc(F)ccc1C1SCC(=O)N1c1c(C)cccc1C(=O)O. The Hall–Kier alpha value is -2.34. The van der Waals surface area contributed by atoms with E-state index in [0.717, 1.165) is 16.7 Å². The van der Waals surface area contributed by atoms with Gasteiger partial charge < -0.3 is 5.11 Å². The second-order valence-corrected chi connectivity index (χ2v) is 6.77. The van der Waals surface area contributed by atoms with E-state index in [1.165, 1.54) is 34.9 Å². The lowest BCUT2D eigenvalue weighted by atomic mass is 10.0. The average molecular weight is 345 g/mol. The molecule has 1 N–H and O–H groups in total. The van der Waals surface area contributed by atoms with Crippen LogP contribution in [-0.2, 0) is 4.79 Å². The number of para-hydroxylation sites is 1. The van der Waals surface area contributed by atoms with Crippen molar-refractivity contribution in [2.75, 3.05) is 10.7 Å². The Labute approximate surface area is 143 Å². The zero-order chi connectivity index (χ0) is 17.4. The molecule has 1 atom stereocenters. The first-order valence-electron chi connectivity index (χ1n) is 7.42. The minimum atomic E-state index is -1.08. The second kappa shape index (κ2) is 6.28. The van der Waals surface area contributed by atoms with E-state index in [4.69, 9.17) is 0 Å². The van der Waals surface area contributed by atoms with Crippen molar-refractivity contribution in [3.8, 4) is 0 Å². The molecule has 0 aromatic heterocycles. The van der Waals surface area contributed by atoms with Crippen molar-refractivity contribution in [1.29, 1.82) is 0 Å². The molecule has 1 fully saturated rings. The largest absolute Gasteiger partial charge is 0.478 e. The van der Waals surface area contributed by atoms with Gasteiger partial charge in [-0.1, -0.05) is 18.2 Å². The number of amides is 1. The van der Waals surface area contributed by atoms with Gasteiger partial charge in [0, 0.05) is 0 Å². The molecule has 0 bridgehead atoms. The first kappa shape index (κ1) is 16.5. The highest BCUT2D eigenvalue weighted by Gasteiger charge is 2.37. The van der Waals surface area contributed by atoms with Crippen molar-refractivity contribution >= 4 is 29.3 Å². The maximum atomic E-state index is 13.4. The van der Waals surface area contributed by atoms with Crippen LogP contribution in [0.15, 0.2) is 36.4 Å². The zero-order valence-electron chi connectivity index (χ0n) is 13.2. The van der Waals surface area contributed by atoms with Gasteiger partial charge in [0.1, 0.15) is 11.2 Å². The predicted molar refractivity (Wildman–Crippen MR) is 92.0 cm³/mol. The van der Waals surface area contributed by atoms with Crippen molar-refractivity contribution in [3.63, 3.8) is 0 Å². The van der Waals surface area contributed by atoms with E-state index in [1.54, 1.807) is 32.0 Å². The number of hydrogen-bond acceptors (Lipinski definition) is 3. The summed E-state index contributed by atoms with van der Waals surface area (Å²) in [5, 5.41) is 9.13. The third-order valence-corrected chi connectivity index (χ3v) is 5.27. The summed E-state index contributed by atoms with van der Waals surface area (Å²) >= 11 is 1.42. The zero-order valence-corrected chi connectivity index (χ0v) is 14.1. The number of halogens is 1. The Balaban J connectivity index is 2.15. The number of carbonyl (C=O) groups is 2. The maximum absolute atomic E-state index is 13.4. The van der Waals surface area contributed by atoms with Crippen LogP contribution in [0.2, 0.25) is 0 Å². The Morgan fingerprint density at radius 2 is 2.00 bits per heavy atom. The number of thioether (sulfide) groups is 1. The molecule has 3 rings (SSSR count). The van der Waals surface area contributed by atoms with Crippen molar-refractivity contribution in [2.45, 2.75) is 19.2 Å². The molecular formula is C18H16FNO3S. The molecule has 0 saturated carbocycles. The lowest BCUT2D eigenvalue weighted by Gasteiger charge is -2.28. The van der Waals surface area contributed by atoms with Gasteiger partial charge in [-0.2, -0.15) is 0 Å². The first-order chi connectivity index (χ1) is 11.4. The molecular weight excluding hydrogens is 329 g/mol. The van der Waals surface area contributed by atoms with Gasteiger partial charge in [-0.15, -0.1) is 11.8 Å². The third kappa shape index (κ3) is 2.78. The molecule has 1 amide bonds. The van der Waals surface area contributed by atoms with Crippen molar-refractivity contribution in [2.24, 2.45) is 0 Å². The summed E-state index contributed by atoms with van der Waals surface area (Å²) in [6.45, 7) is 3.57. The number of nitrogens with zero attached hydrogens (tertiary/aromatic N) is 1. The van der Waals surface area contributed by atoms with Crippen LogP contribution in [0.3, 0.4) is 0 Å². The van der Waals surface area contributed by atoms with E-state index in [9.17, 15) is 19.1 Å². The number of anilines is 1. The number of aromatic carboxylic acids is 1. The summed E-state index contributed by atoms with van der Waals surface area (Å²) in [6.07, 6.45) is 0. The van der Waals surface area contributed by atoms with Crippen LogP contribution in [0.4, 0.5) is 10.1 Å². The standard InChI is InChI=1S/C18H16FNO3S/c1-10-4-3-5-14(18(22)23)16(10)20-15(21)9-24-17(20)13-7-6-12(19)8-11(13)2/h3-8,17H,9H2,1-2H3,(H,22,23). The van der Waals surface area contributed by atoms with E-state index < -0.39 is 5.97 Å². The molecule has 0 spiro atoms. The first-order valence-corrected chi connectivity index (χ1v) is 8.47. The van der Waals surface area contributed by atoms with Gasteiger partial charge in [0.15, 0.2) is 0 Å². The van der Waals surface area contributed by atoms with Gasteiger partial charge in [-0.05, 0) is 48.7 Å². The molecule has 1 aliphatic rings. The van der Waals surface area contributed by atoms with Crippen LogP contribution in [0.5, 0.6) is 0 Å². The molecule has 124 valence electrons. The summed E-state index contributed by atoms with van der Waals surface area (Å²) in [7, 11) is 0. The second-order valence-electron chi connectivity index (χ2n) is 5.70. The summed E-state index contributed by atoms with van der Waals surface area (Å²) in [5.41, 5.74) is 2.77. The van der Waals surface area contributed by atoms with Crippen LogP contribution in [0, 0.1) is 19.7 Å². The highest BCUT2D eigenvalue weighted by Crippen LogP contribution is 2.45. The number of aryl methyl sites for hydroxylation is 2. The highest BCUT2D eigenvalue weighted by atomic mass is 32.2. The third-order valence-electron chi connectivity index (χ3n) is 4.07. The summed E-state index contributed by atoms with van der Waals surface area (Å²) in [4.78, 5) is 25.6. The number of carbonyl (C=O) groups excluding carboxylic acids is 1. The van der Waals surface area contributed by atoms with E-state index in [2.05, 4.69) is 0 Å². The summed E-state index contributed by atoms with van der Waals surface area (Å²) < 4.78 is 13.4. The molecule has 2 aromatic rings. The van der Waals surface area contributed by atoms with E-state index in [1.807, 2.05) is 0 Å². The van der Waals surface area contributed by atoms with Crippen molar-refractivity contribution in [3.05, 3.63) is 64.5 Å². The van der Waals surface area contributed by atoms with Crippen molar-refractivity contribution < 1.29 is 19.1 Å². The average Bonchev–Trinajstić information content (AvgIpc) is 2.88. The van der Waals surface area contributed by atoms with Crippen LogP contribution in [-0.4, -0.2) is 22.7 Å². The smallest absolute Gasteiger partial charge is 0.337 e. The summed E-state index contributed by atoms with van der Waals surface area (Å²) in [5.74, 6) is -1.30. The number of rotatable bonds is 3. The fourth-order valence-corrected chi connectivity index (χ4v) is 4.22. The molecule has 0 aliphatic carbocycles. The molecule has 0 radical (unpaired) electrons. The Morgan fingerprint density at radius 3 is 2.67 bits per heavy atom. The van der Waals surface area contributed by atoms with Crippen LogP contribution < -0.4 is 4.90 Å². The van der Waals surface area contributed by atoms with Gasteiger partial charge in [-0.25, -0.2) is 9.18 Å². The molecule has 4 nitrogen and oxygen atoms in total. The van der Waals surface area contributed by atoms with Gasteiger partial charge >= 0.3 is 5.97 Å². The fourth-order valence-electron chi connectivity index (χ4n) is 2.96. The lowest BCUT2D eigenvalue weighted by molar-refractivity contribution is -0.115. The maximum Gasteiger partial charge on any atom is 0.337 e. The Morgan fingerprint density at radius 1 is 1.25 bits per heavy atom. The number of hydrogen-bond donors (Lipinski definition) is 1. The minimum Gasteiger partial charge on any atom is -0.478 e. The van der Waals surface area contributed by atoms with E-state index in [0.29, 0.717) is 5.69 Å². The minimum absolute atomic E-state index is 0.0932. The number of benzene rings is 2. The molecule has 1 saturated heterocycles. The van der Waals surface area contributed by atoms with E-state index >= 15 is 0 Å². The quantitative estimate of drug-likeness (QED) is 0.916. The van der Waals surface area contributed by atoms with Gasteiger partial charge in [0.2, 0.25) is 5.91 Å². The number of carboxylic acids is 1. The van der Waals surface area contributed by atoms with E-state index in [-0.39, 0.29) is 28.4 Å². The number of carboxylic acid groups (broad SMARTS) is 1. The van der Waals surface area contributed by atoms with Crippen LogP contribution in [0.25, 0.3) is 0 Å². The molecule has 6 heteroatoms. The molecule has 1 heterocycles. The Bertz CT molecular complexity index is 837. The highest BCUT2D eigenvalue weighted by molar-refractivity contribution is 8.00. The lowest BCUT2D eigenvalue weighted by Crippen LogP contribution is -2.30. The molecule has 1 unspecified atom stereocenters. The van der Waals surface area contributed by atoms with Crippen LogP contribution >= 0.6 is 11.8 Å². The van der Waals surface area contributed by atoms with Gasteiger partial charge in [-0.3, -0.25) is 9.69 Å². The van der Waals surface area contributed by atoms with Gasteiger partial charge in [0.05, 0.1) is 17.0 Å². The Kier molecular flexibility index (Phi) is 4.32. The monoisotopic (exact) mass is 345 g/mol. The van der Waals surface area contributed by atoms with Gasteiger partial charge in [0.25, 0.3) is 0 Å². The summed E-state index contributed by atoms with van der Waals surface area (Å²) in [6, 6.07) is 9.38. The predicted octanol–water partition coefficient (Wildman–Crippen LogP) is 3.92. The molecule has 1 aliphatic heterocycles. The topological polar surface area (TPSA) is 57.6 Å².